The van der Waals surface area contributed by atoms with Crippen LogP contribution in [0.4, 0.5) is 0 Å². The first-order chi connectivity index (χ1) is 9.65. The number of hydrogen-bond donors (Lipinski definition) is 2. The van der Waals surface area contributed by atoms with Crippen LogP contribution in [0, 0.1) is 0 Å². The van der Waals surface area contributed by atoms with Crippen LogP contribution in [0.3, 0.4) is 0 Å². The van der Waals surface area contributed by atoms with Crippen molar-refractivity contribution in [2.24, 2.45) is 0 Å². The zero-order valence-corrected chi connectivity index (χ0v) is 11.3. The maximum absolute atomic E-state index is 10.3. The molecule has 0 amide bonds. The molecule has 1 atom stereocenters. The number of fused-ring (bicyclic) bond motifs is 1. The number of para-hydroxylation sites is 1. The van der Waals surface area contributed by atoms with Crippen molar-refractivity contribution in [2.45, 2.75) is 19.1 Å². The Bertz CT molecular complexity index is 650. The maximum atomic E-state index is 10.3. The van der Waals surface area contributed by atoms with E-state index in [1.54, 1.807) is 25.3 Å². The number of rotatable bonds is 5. The lowest BCUT2D eigenvalue weighted by Gasteiger charge is -2.20. The molecule has 0 saturated carbocycles. The van der Waals surface area contributed by atoms with Crippen molar-refractivity contribution in [3.63, 3.8) is 0 Å². The molecule has 0 fully saturated rings. The van der Waals surface area contributed by atoms with Crippen molar-refractivity contribution in [3.8, 4) is 0 Å². The quantitative estimate of drug-likeness (QED) is 0.749. The van der Waals surface area contributed by atoms with E-state index in [-0.39, 0.29) is 0 Å². The fourth-order valence-electron chi connectivity index (χ4n) is 2.23. The summed E-state index contributed by atoms with van der Waals surface area (Å²) in [6.45, 7) is 2.67. The summed E-state index contributed by atoms with van der Waals surface area (Å²) < 4.78 is 10.9. The molecule has 0 aliphatic rings. The van der Waals surface area contributed by atoms with Gasteiger partial charge in [-0.15, -0.1) is 0 Å². The first kappa shape index (κ1) is 13.0. The monoisotopic (exact) mass is 271 g/mol. The van der Waals surface area contributed by atoms with Crippen LogP contribution in [0.1, 0.15) is 18.4 Å². The number of benzene rings is 1. The van der Waals surface area contributed by atoms with E-state index in [0.717, 1.165) is 16.7 Å². The van der Waals surface area contributed by atoms with Gasteiger partial charge in [-0.05, 0) is 31.2 Å². The van der Waals surface area contributed by atoms with Gasteiger partial charge in [0.05, 0.1) is 12.8 Å². The summed E-state index contributed by atoms with van der Waals surface area (Å²) in [7, 11) is 0. The van der Waals surface area contributed by atoms with Crippen molar-refractivity contribution >= 4 is 11.0 Å². The molecule has 2 aromatic heterocycles. The molecule has 0 saturated heterocycles. The van der Waals surface area contributed by atoms with E-state index in [2.05, 4.69) is 5.32 Å². The fourth-order valence-corrected chi connectivity index (χ4v) is 2.23. The molecule has 104 valence electrons. The van der Waals surface area contributed by atoms with Crippen LogP contribution in [0.5, 0.6) is 0 Å². The minimum atomic E-state index is -1.03. The lowest BCUT2D eigenvalue weighted by atomic mass is 10.0. The lowest BCUT2D eigenvalue weighted by molar-refractivity contribution is 0.0337. The lowest BCUT2D eigenvalue weighted by Crippen LogP contribution is -2.34. The summed E-state index contributed by atoms with van der Waals surface area (Å²) in [6.07, 6.45) is 1.56. The van der Waals surface area contributed by atoms with E-state index in [9.17, 15) is 5.11 Å². The van der Waals surface area contributed by atoms with Gasteiger partial charge in [-0.25, -0.2) is 0 Å². The van der Waals surface area contributed by atoms with Crippen molar-refractivity contribution in [1.82, 2.24) is 5.32 Å². The highest BCUT2D eigenvalue weighted by atomic mass is 16.4. The van der Waals surface area contributed by atoms with E-state index >= 15 is 0 Å². The Morgan fingerprint density at radius 1 is 1.20 bits per heavy atom. The first-order valence-electron chi connectivity index (χ1n) is 6.60. The molecule has 0 aliphatic carbocycles. The molecule has 2 N–H and O–H groups in total. The predicted molar refractivity (Wildman–Crippen MR) is 76.2 cm³/mol. The zero-order valence-electron chi connectivity index (χ0n) is 11.3. The SMILES string of the molecule is CC(O)(CNCc1cc2ccccc2o1)c1ccco1. The second kappa shape index (κ2) is 5.15. The van der Waals surface area contributed by atoms with Gasteiger partial charge in [-0.1, -0.05) is 18.2 Å². The van der Waals surface area contributed by atoms with E-state index in [4.69, 9.17) is 8.83 Å². The van der Waals surface area contributed by atoms with Gasteiger partial charge in [0.1, 0.15) is 22.7 Å². The Balaban J connectivity index is 1.62. The third kappa shape index (κ3) is 2.61. The third-order valence-corrected chi connectivity index (χ3v) is 3.30. The van der Waals surface area contributed by atoms with E-state index in [1.165, 1.54) is 0 Å². The average molecular weight is 271 g/mol. The van der Waals surface area contributed by atoms with Crippen LogP contribution in [0.25, 0.3) is 11.0 Å². The van der Waals surface area contributed by atoms with Crippen molar-refractivity contribution in [3.05, 3.63) is 60.2 Å². The van der Waals surface area contributed by atoms with E-state index in [1.807, 2.05) is 30.3 Å². The maximum Gasteiger partial charge on any atom is 0.136 e. The molecule has 4 nitrogen and oxygen atoms in total. The standard InChI is InChI=1S/C16H17NO3/c1-16(18,15-7-4-8-19-15)11-17-10-13-9-12-5-2-3-6-14(12)20-13/h2-9,17-18H,10-11H2,1H3. The summed E-state index contributed by atoms with van der Waals surface area (Å²) >= 11 is 0. The van der Waals surface area contributed by atoms with Crippen LogP contribution >= 0.6 is 0 Å². The molecule has 0 radical (unpaired) electrons. The Hall–Kier alpha value is -2.04. The molecule has 0 spiro atoms. The number of aliphatic hydroxyl groups is 1. The van der Waals surface area contributed by atoms with Gasteiger partial charge in [-0.2, -0.15) is 0 Å². The Labute approximate surface area is 117 Å². The Morgan fingerprint density at radius 3 is 2.80 bits per heavy atom. The molecule has 20 heavy (non-hydrogen) atoms. The largest absolute Gasteiger partial charge is 0.466 e. The highest BCUT2D eigenvalue weighted by molar-refractivity contribution is 5.77. The molecule has 3 aromatic rings. The Morgan fingerprint density at radius 2 is 2.05 bits per heavy atom. The van der Waals surface area contributed by atoms with Gasteiger partial charge in [-0.3, -0.25) is 0 Å². The minimum absolute atomic E-state index is 0.386. The molecule has 2 heterocycles. The zero-order chi connectivity index (χ0) is 14.0. The highest BCUT2D eigenvalue weighted by Crippen LogP contribution is 2.21. The molecule has 4 heteroatoms. The van der Waals surface area contributed by atoms with Gasteiger partial charge >= 0.3 is 0 Å². The third-order valence-electron chi connectivity index (χ3n) is 3.30. The van der Waals surface area contributed by atoms with Gasteiger partial charge in [0.25, 0.3) is 0 Å². The topological polar surface area (TPSA) is 58.5 Å². The number of hydrogen-bond acceptors (Lipinski definition) is 4. The van der Waals surface area contributed by atoms with Gasteiger partial charge in [0, 0.05) is 11.9 Å². The summed E-state index contributed by atoms with van der Waals surface area (Å²) in [5, 5.41) is 14.6. The second-order valence-corrected chi connectivity index (χ2v) is 5.11. The molecule has 3 rings (SSSR count). The van der Waals surface area contributed by atoms with Crippen molar-refractivity contribution < 1.29 is 13.9 Å². The summed E-state index contributed by atoms with van der Waals surface area (Å²) in [5.41, 5.74) is -0.155. The minimum Gasteiger partial charge on any atom is -0.466 e. The van der Waals surface area contributed by atoms with Gasteiger partial charge in [0.15, 0.2) is 0 Å². The molecular formula is C16H17NO3. The molecule has 1 aromatic carbocycles. The summed E-state index contributed by atoms with van der Waals surface area (Å²) in [6, 6.07) is 13.4. The average Bonchev–Trinajstić information content (AvgIpc) is 3.07. The van der Waals surface area contributed by atoms with Crippen molar-refractivity contribution in [1.29, 1.82) is 0 Å². The Kier molecular flexibility index (Phi) is 3.34. The van der Waals surface area contributed by atoms with Crippen LogP contribution in [0.15, 0.2) is 57.6 Å². The molecule has 1 unspecified atom stereocenters. The highest BCUT2D eigenvalue weighted by Gasteiger charge is 2.25. The number of furan rings is 2. The van der Waals surface area contributed by atoms with Crippen LogP contribution in [-0.2, 0) is 12.1 Å². The molecule has 0 aliphatic heterocycles. The van der Waals surface area contributed by atoms with Gasteiger partial charge in [0.2, 0.25) is 0 Å². The smallest absolute Gasteiger partial charge is 0.136 e. The summed E-state index contributed by atoms with van der Waals surface area (Å²) in [5.74, 6) is 1.40. The van der Waals surface area contributed by atoms with Crippen molar-refractivity contribution in [2.75, 3.05) is 6.54 Å². The predicted octanol–water partition coefficient (Wildman–Crippen LogP) is 3.02. The number of nitrogens with one attached hydrogen (secondary N) is 1. The van der Waals surface area contributed by atoms with Gasteiger partial charge < -0.3 is 19.3 Å². The van der Waals surface area contributed by atoms with Crippen LogP contribution in [0.2, 0.25) is 0 Å². The van der Waals surface area contributed by atoms with Crippen LogP contribution in [-0.4, -0.2) is 11.7 Å². The first-order valence-corrected chi connectivity index (χ1v) is 6.60. The van der Waals surface area contributed by atoms with Crippen LogP contribution < -0.4 is 5.32 Å². The molecule has 0 bridgehead atoms. The normalized spacial score (nSPS) is 14.5. The fraction of sp³-hybridized carbons (Fsp3) is 0.250. The second-order valence-electron chi connectivity index (χ2n) is 5.11. The van der Waals surface area contributed by atoms with E-state index < -0.39 is 5.60 Å². The summed E-state index contributed by atoms with van der Waals surface area (Å²) in [4.78, 5) is 0. The van der Waals surface area contributed by atoms with E-state index in [0.29, 0.717) is 18.8 Å². The molecular weight excluding hydrogens is 254 g/mol.